The zero-order valence-electron chi connectivity index (χ0n) is 11.6. The molecule has 2 N–H and O–H groups in total. The van der Waals surface area contributed by atoms with E-state index in [0.717, 1.165) is 24.1 Å². The molecule has 0 aliphatic heterocycles. The molecule has 2 aromatic heterocycles. The molecule has 1 saturated carbocycles. The van der Waals surface area contributed by atoms with Crippen molar-refractivity contribution in [3.8, 4) is 10.6 Å². The summed E-state index contributed by atoms with van der Waals surface area (Å²) in [5.41, 5.74) is 0.303. The number of aliphatic hydroxyl groups is 1. The number of hydrogen-bond donors (Lipinski definition) is 2. The number of hydrogen-bond acceptors (Lipinski definition) is 5. The summed E-state index contributed by atoms with van der Waals surface area (Å²) in [6, 6.07) is 5.52. The average molecular weight is 306 g/mol. The Bertz CT molecular complexity index is 594. The summed E-state index contributed by atoms with van der Waals surface area (Å²) in [6.45, 7) is 0.790. The zero-order valence-corrected chi connectivity index (χ0v) is 12.4. The summed E-state index contributed by atoms with van der Waals surface area (Å²) in [5, 5.41) is 18.0. The van der Waals surface area contributed by atoms with E-state index in [2.05, 4.69) is 10.5 Å². The molecule has 2 aromatic rings. The smallest absolute Gasteiger partial charge is 0.273 e. The van der Waals surface area contributed by atoms with Crippen molar-refractivity contribution in [2.24, 2.45) is 11.8 Å². The minimum absolute atomic E-state index is 0.201. The molecule has 2 atom stereocenters. The van der Waals surface area contributed by atoms with E-state index in [1.54, 1.807) is 17.4 Å². The summed E-state index contributed by atoms with van der Waals surface area (Å²) in [7, 11) is 0. The van der Waals surface area contributed by atoms with E-state index in [0.29, 0.717) is 29.8 Å². The molecule has 1 aliphatic rings. The molecule has 0 radical (unpaired) electrons. The van der Waals surface area contributed by atoms with Gasteiger partial charge in [-0.15, -0.1) is 11.3 Å². The van der Waals surface area contributed by atoms with Crippen LogP contribution in [-0.4, -0.2) is 29.3 Å². The monoisotopic (exact) mass is 306 g/mol. The standard InChI is InChI=1S/C15H18N2O3S/c18-9-11-4-1-3-10(11)8-16-15(19)12-7-13(20-17-12)14-5-2-6-21-14/h2,5-7,10-11,18H,1,3-4,8-9H2,(H,16,19). The van der Waals surface area contributed by atoms with Gasteiger partial charge in [0.2, 0.25) is 0 Å². The highest BCUT2D eigenvalue weighted by Gasteiger charge is 2.27. The van der Waals surface area contributed by atoms with Crippen LogP contribution < -0.4 is 5.32 Å². The van der Waals surface area contributed by atoms with Crippen LogP contribution in [0.25, 0.3) is 10.6 Å². The van der Waals surface area contributed by atoms with E-state index in [-0.39, 0.29) is 12.5 Å². The first-order chi connectivity index (χ1) is 10.3. The highest BCUT2D eigenvalue weighted by molar-refractivity contribution is 7.13. The molecule has 1 aliphatic carbocycles. The van der Waals surface area contributed by atoms with E-state index in [1.165, 1.54) is 0 Å². The van der Waals surface area contributed by atoms with Gasteiger partial charge in [0.25, 0.3) is 5.91 Å². The van der Waals surface area contributed by atoms with Crippen LogP contribution in [0.15, 0.2) is 28.1 Å². The second-order valence-corrected chi connectivity index (χ2v) is 6.35. The van der Waals surface area contributed by atoms with Crippen molar-refractivity contribution < 1.29 is 14.4 Å². The van der Waals surface area contributed by atoms with E-state index < -0.39 is 0 Å². The van der Waals surface area contributed by atoms with Crippen LogP contribution in [-0.2, 0) is 0 Å². The normalized spacial score (nSPS) is 21.6. The second kappa shape index (κ2) is 6.41. The van der Waals surface area contributed by atoms with Crippen LogP contribution >= 0.6 is 11.3 Å². The van der Waals surface area contributed by atoms with Crippen LogP contribution in [0.5, 0.6) is 0 Å². The maximum absolute atomic E-state index is 12.1. The van der Waals surface area contributed by atoms with Gasteiger partial charge < -0.3 is 14.9 Å². The number of rotatable bonds is 5. The molecule has 0 bridgehead atoms. The summed E-state index contributed by atoms with van der Waals surface area (Å²) in [5.74, 6) is 1.07. The van der Waals surface area contributed by atoms with E-state index in [1.807, 2.05) is 17.5 Å². The quantitative estimate of drug-likeness (QED) is 0.890. The SMILES string of the molecule is O=C(NCC1CCCC1CO)c1cc(-c2cccs2)on1. The number of carbonyl (C=O) groups is 1. The van der Waals surface area contributed by atoms with Crippen molar-refractivity contribution in [3.05, 3.63) is 29.3 Å². The van der Waals surface area contributed by atoms with Gasteiger partial charge in [0.05, 0.1) is 4.88 Å². The van der Waals surface area contributed by atoms with Crippen LogP contribution in [0.1, 0.15) is 29.8 Å². The Morgan fingerprint density at radius 3 is 3.10 bits per heavy atom. The predicted molar refractivity (Wildman–Crippen MR) is 80.1 cm³/mol. The zero-order chi connectivity index (χ0) is 14.7. The third-order valence-corrected chi connectivity index (χ3v) is 4.97. The summed E-state index contributed by atoms with van der Waals surface area (Å²) in [4.78, 5) is 13.0. The fourth-order valence-corrected chi connectivity index (χ4v) is 3.53. The third-order valence-electron chi connectivity index (χ3n) is 4.08. The number of nitrogens with one attached hydrogen (secondary N) is 1. The summed E-state index contributed by atoms with van der Waals surface area (Å²) in [6.07, 6.45) is 3.23. The largest absolute Gasteiger partial charge is 0.396 e. The van der Waals surface area contributed by atoms with Crippen LogP contribution in [0, 0.1) is 11.8 Å². The molecule has 0 saturated heterocycles. The molecule has 0 spiro atoms. The molecule has 21 heavy (non-hydrogen) atoms. The summed E-state index contributed by atoms with van der Waals surface area (Å²) >= 11 is 1.54. The van der Waals surface area contributed by atoms with Gasteiger partial charge in [-0.1, -0.05) is 17.6 Å². The highest BCUT2D eigenvalue weighted by atomic mass is 32.1. The van der Waals surface area contributed by atoms with Gasteiger partial charge >= 0.3 is 0 Å². The fraction of sp³-hybridized carbons (Fsp3) is 0.467. The number of thiophene rings is 1. The van der Waals surface area contributed by atoms with Crippen molar-refractivity contribution in [2.75, 3.05) is 13.2 Å². The van der Waals surface area contributed by atoms with Crippen LogP contribution in [0.3, 0.4) is 0 Å². The Morgan fingerprint density at radius 1 is 1.48 bits per heavy atom. The third kappa shape index (κ3) is 3.16. The molecular weight excluding hydrogens is 288 g/mol. The number of aromatic nitrogens is 1. The Labute approximate surface area is 127 Å². The van der Waals surface area contributed by atoms with Gasteiger partial charge in [-0.2, -0.15) is 0 Å². The first-order valence-corrected chi connectivity index (χ1v) is 8.05. The highest BCUT2D eigenvalue weighted by Crippen LogP contribution is 2.30. The molecule has 1 fully saturated rings. The molecule has 2 heterocycles. The lowest BCUT2D eigenvalue weighted by atomic mass is 9.97. The van der Waals surface area contributed by atoms with Crippen LogP contribution in [0.2, 0.25) is 0 Å². The van der Waals surface area contributed by atoms with Crippen molar-refractivity contribution in [2.45, 2.75) is 19.3 Å². The molecule has 112 valence electrons. The minimum Gasteiger partial charge on any atom is -0.396 e. The maximum atomic E-state index is 12.1. The maximum Gasteiger partial charge on any atom is 0.273 e. The molecule has 6 heteroatoms. The van der Waals surface area contributed by atoms with E-state index >= 15 is 0 Å². The van der Waals surface area contributed by atoms with Gasteiger partial charge in [-0.25, -0.2) is 0 Å². The van der Waals surface area contributed by atoms with Gasteiger partial charge in [-0.05, 0) is 36.1 Å². The molecule has 3 rings (SSSR count). The van der Waals surface area contributed by atoms with Gasteiger partial charge in [0.15, 0.2) is 11.5 Å². The van der Waals surface area contributed by atoms with E-state index in [9.17, 15) is 9.90 Å². The van der Waals surface area contributed by atoms with Crippen molar-refractivity contribution in [1.29, 1.82) is 0 Å². The summed E-state index contributed by atoms with van der Waals surface area (Å²) < 4.78 is 5.20. The van der Waals surface area contributed by atoms with Crippen LogP contribution in [0.4, 0.5) is 0 Å². The van der Waals surface area contributed by atoms with E-state index in [4.69, 9.17) is 4.52 Å². The number of aliphatic hydroxyl groups excluding tert-OH is 1. The van der Waals surface area contributed by atoms with Gasteiger partial charge in [-0.3, -0.25) is 4.79 Å². The lowest BCUT2D eigenvalue weighted by Gasteiger charge is -2.17. The van der Waals surface area contributed by atoms with Crippen molar-refractivity contribution in [3.63, 3.8) is 0 Å². The first kappa shape index (κ1) is 14.3. The lowest BCUT2D eigenvalue weighted by Crippen LogP contribution is -2.31. The first-order valence-electron chi connectivity index (χ1n) is 7.17. The Balaban J connectivity index is 1.58. The average Bonchev–Trinajstić information content (AvgIpc) is 3.24. The molecular formula is C15H18N2O3S. The molecule has 2 unspecified atom stereocenters. The molecule has 0 aromatic carbocycles. The minimum atomic E-state index is -0.217. The lowest BCUT2D eigenvalue weighted by molar-refractivity contribution is 0.0929. The molecule has 5 nitrogen and oxygen atoms in total. The van der Waals surface area contributed by atoms with Gasteiger partial charge in [0, 0.05) is 19.2 Å². The van der Waals surface area contributed by atoms with Crippen molar-refractivity contribution >= 4 is 17.2 Å². The predicted octanol–water partition coefficient (Wildman–Crippen LogP) is 2.54. The number of nitrogens with zero attached hydrogens (tertiary/aromatic N) is 1. The second-order valence-electron chi connectivity index (χ2n) is 5.40. The molecule has 1 amide bonds. The van der Waals surface area contributed by atoms with Crippen molar-refractivity contribution in [1.82, 2.24) is 10.5 Å². The fourth-order valence-electron chi connectivity index (χ4n) is 2.85. The Kier molecular flexibility index (Phi) is 4.36. The Morgan fingerprint density at radius 2 is 2.33 bits per heavy atom. The Hall–Kier alpha value is -1.66. The number of carbonyl (C=O) groups excluding carboxylic acids is 1. The van der Waals surface area contributed by atoms with Gasteiger partial charge in [0.1, 0.15) is 0 Å². The number of amides is 1. The topological polar surface area (TPSA) is 75.4 Å².